The predicted octanol–water partition coefficient (Wildman–Crippen LogP) is 3.65. The van der Waals surface area contributed by atoms with Crippen molar-refractivity contribution in [1.29, 1.82) is 0 Å². The van der Waals surface area contributed by atoms with E-state index in [1.54, 1.807) is 38.4 Å². The van der Waals surface area contributed by atoms with Gasteiger partial charge in [0.05, 0.1) is 18.2 Å². The standard InChI is InChI=1S/C21H19NO5/c1-21(20(25)26)12-14(19(23)24)8-9-17(21)16-7-4-10-22-18(16)13-5-3-6-15(11-13)27-2/h3-11H,12H2,1-2H3,(H,23,24)(H,25,26). The first-order valence-electron chi connectivity index (χ1n) is 8.34. The molecule has 0 radical (unpaired) electrons. The fraction of sp³-hybridized carbons (Fsp3) is 0.190. The van der Waals surface area contributed by atoms with Crippen LogP contribution in [0.2, 0.25) is 0 Å². The maximum atomic E-state index is 12.1. The largest absolute Gasteiger partial charge is 0.497 e. The van der Waals surface area contributed by atoms with Gasteiger partial charge in [-0.2, -0.15) is 0 Å². The molecule has 1 aromatic carbocycles. The maximum Gasteiger partial charge on any atom is 0.331 e. The average molecular weight is 365 g/mol. The van der Waals surface area contributed by atoms with Crippen molar-refractivity contribution in [3.63, 3.8) is 0 Å². The Labute approximate surface area is 156 Å². The number of methoxy groups -OCH3 is 1. The highest BCUT2D eigenvalue weighted by Crippen LogP contribution is 2.45. The zero-order valence-electron chi connectivity index (χ0n) is 15.0. The van der Waals surface area contributed by atoms with E-state index in [4.69, 9.17) is 4.74 Å². The van der Waals surface area contributed by atoms with Gasteiger partial charge in [0.2, 0.25) is 0 Å². The summed E-state index contributed by atoms with van der Waals surface area (Å²) in [6.07, 6.45) is 4.57. The van der Waals surface area contributed by atoms with Crippen molar-refractivity contribution >= 4 is 17.5 Å². The van der Waals surface area contributed by atoms with Crippen LogP contribution >= 0.6 is 0 Å². The molecule has 2 N–H and O–H groups in total. The number of hydrogen-bond acceptors (Lipinski definition) is 4. The molecule has 1 unspecified atom stereocenters. The second-order valence-corrected chi connectivity index (χ2v) is 6.52. The minimum atomic E-state index is -1.38. The molecule has 0 spiro atoms. The fourth-order valence-corrected chi connectivity index (χ4v) is 3.25. The van der Waals surface area contributed by atoms with E-state index in [9.17, 15) is 19.8 Å². The van der Waals surface area contributed by atoms with Crippen molar-refractivity contribution in [3.05, 3.63) is 65.9 Å². The topological polar surface area (TPSA) is 96.7 Å². The SMILES string of the molecule is COc1cccc(-c2ncccc2C2=CC=C(C(=O)O)CC2(C)C(=O)O)c1. The smallest absolute Gasteiger partial charge is 0.331 e. The van der Waals surface area contributed by atoms with Gasteiger partial charge in [-0.05, 0) is 37.1 Å². The molecule has 27 heavy (non-hydrogen) atoms. The third-order valence-electron chi connectivity index (χ3n) is 4.78. The predicted molar refractivity (Wildman–Crippen MR) is 100 cm³/mol. The summed E-state index contributed by atoms with van der Waals surface area (Å²) >= 11 is 0. The van der Waals surface area contributed by atoms with Crippen LogP contribution in [-0.4, -0.2) is 34.2 Å². The molecule has 0 saturated carbocycles. The van der Waals surface area contributed by atoms with Crippen molar-refractivity contribution in [3.8, 4) is 17.0 Å². The van der Waals surface area contributed by atoms with Crippen molar-refractivity contribution in [2.45, 2.75) is 13.3 Å². The second kappa shape index (κ2) is 7.07. The van der Waals surface area contributed by atoms with E-state index in [1.807, 2.05) is 24.3 Å². The average Bonchev–Trinajstić information content (AvgIpc) is 2.67. The Morgan fingerprint density at radius 2 is 1.93 bits per heavy atom. The van der Waals surface area contributed by atoms with E-state index < -0.39 is 17.4 Å². The van der Waals surface area contributed by atoms with Gasteiger partial charge in [-0.1, -0.05) is 30.4 Å². The number of rotatable bonds is 5. The summed E-state index contributed by atoms with van der Waals surface area (Å²) in [5.41, 5.74) is 1.26. The van der Waals surface area contributed by atoms with Crippen LogP contribution in [0.1, 0.15) is 18.9 Å². The molecule has 138 valence electrons. The first-order valence-corrected chi connectivity index (χ1v) is 8.34. The molecule has 0 amide bonds. The highest BCUT2D eigenvalue weighted by molar-refractivity contribution is 5.99. The number of carbonyl (C=O) groups is 2. The number of aliphatic carboxylic acids is 2. The number of hydrogen-bond donors (Lipinski definition) is 2. The van der Waals surface area contributed by atoms with E-state index in [0.717, 1.165) is 5.56 Å². The van der Waals surface area contributed by atoms with E-state index in [-0.39, 0.29) is 12.0 Å². The quantitative estimate of drug-likeness (QED) is 0.840. The highest BCUT2D eigenvalue weighted by atomic mass is 16.5. The van der Waals surface area contributed by atoms with E-state index in [2.05, 4.69) is 4.98 Å². The van der Waals surface area contributed by atoms with E-state index in [1.165, 1.54) is 6.08 Å². The van der Waals surface area contributed by atoms with Crippen LogP contribution in [0.25, 0.3) is 16.8 Å². The first kappa shape index (κ1) is 18.4. The van der Waals surface area contributed by atoms with Gasteiger partial charge in [-0.25, -0.2) is 4.79 Å². The van der Waals surface area contributed by atoms with Gasteiger partial charge in [0.1, 0.15) is 5.75 Å². The van der Waals surface area contributed by atoms with Gasteiger partial charge in [0, 0.05) is 22.9 Å². The second-order valence-electron chi connectivity index (χ2n) is 6.52. The number of carboxylic acids is 2. The highest BCUT2D eigenvalue weighted by Gasteiger charge is 2.42. The molecule has 1 aliphatic carbocycles. The minimum Gasteiger partial charge on any atom is -0.497 e. The lowest BCUT2D eigenvalue weighted by Gasteiger charge is -2.31. The van der Waals surface area contributed by atoms with E-state index in [0.29, 0.717) is 22.6 Å². The van der Waals surface area contributed by atoms with Crippen LogP contribution in [0.15, 0.2) is 60.3 Å². The molecule has 1 heterocycles. The lowest BCUT2D eigenvalue weighted by Crippen LogP contribution is -2.32. The molecule has 0 aliphatic heterocycles. The normalized spacial score (nSPS) is 19.0. The van der Waals surface area contributed by atoms with Crippen molar-refractivity contribution < 1.29 is 24.5 Å². The monoisotopic (exact) mass is 365 g/mol. The fourth-order valence-electron chi connectivity index (χ4n) is 3.25. The lowest BCUT2D eigenvalue weighted by molar-refractivity contribution is -0.144. The van der Waals surface area contributed by atoms with Crippen molar-refractivity contribution in [2.24, 2.45) is 5.41 Å². The molecule has 1 aromatic heterocycles. The molecular formula is C21H19NO5. The Morgan fingerprint density at radius 1 is 1.15 bits per heavy atom. The molecule has 3 rings (SSSR count). The summed E-state index contributed by atoms with van der Waals surface area (Å²) in [6, 6.07) is 10.9. The Balaban J connectivity index is 2.20. The van der Waals surface area contributed by atoms with Gasteiger partial charge in [-0.3, -0.25) is 9.78 Å². The van der Waals surface area contributed by atoms with Crippen LogP contribution in [0.5, 0.6) is 5.75 Å². The number of nitrogens with zero attached hydrogens (tertiary/aromatic N) is 1. The number of benzene rings is 1. The number of carboxylic acid groups (broad SMARTS) is 2. The Bertz CT molecular complexity index is 976. The third-order valence-corrected chi connectivity index (χ3v) is 4.78. The number of aromatic nitrogens is 1. The van der Waals surface area contributed by atoms with Gasteiger partial charge < -0.3 is 14.9 Å². The molecule has 6 nitrogen and oxygen atoms in total. The Hall–Kier alpha value is -3.41. The minimum absolute atomic E-state index is 0.0653. The molecule has 0 fully saturated rings. The summed E-state index contributed by atoms with van der Waals surface area (Å²) in [5.74, 6) is -1.53. The van der Waals surface area contributed by atoms with Gasteiger partial charge in [0.15, 0.2) is 0 Å². The third kappa shape index (κ3) is 3.33. The first-order chi connectivity index (χ1) is 12.9. The van der Waals surface area contributed by atoms with Crippen molar-refractivity contribution in [2.75, 3.05) is 7.11 Å². The van der Waals surface area contributed by atoms with E-state index >= 15 is 0 Å². The maximum absolute atomic E-state index is 12.1. The van der Waals surface area contributed by atoms with Crippen LogP contribution in [0.4, 0.5) is 0 Å². The Morgan fingerprint density at radius 3 is 2.59 bits per heavy atom. The summed E-state index contributed by atoms with van der Waals surface area (Å²) < 4.78 is 5.27. The molecule has 2 aromatic rings. The molecule has 6 heteroatoms. The zero-order chi connectivity index (χ0) is 19.6. The van der Waals surface area contributed by atoms with Gasteiger partial charge in [-0.15, -0.1) is 0 Å². The zero-order valence-corrected chi connectivity index (χ0v) is 15.0. The Kier molecular flexibility index (Phi) is 4.81. The van der Waals surface area contributed by atoms with Crippen LogP contribution in [0.3, 0.4) is 0 Å². The van der Waals surface area contributed by atoms with Crippen LogP contribution in [0, 0.1) is 5.41 Å². The summed E-state index contributed by atoms with van der Waals surface area (Å²) in [5, 5.41) is 19.2. The molecule has 0 bridgehead atoms. The van der Waals surface area contributed by atoms with Gasteiger partial charge >= 0.3 is 11.9 Å². The number of allylic oxidation sites excluding steroid dienone is 2. The summed E-state index contributed by atoms with van der Waals surface area (Å²) in [4.78, 5) is 27.9. The van der Waals surface area contributed by atoms with Gasteiger partial charge in [0.25, 0.3) is 0 Å². The van der Waals surface area contributed by atoms with Crippen LogP contribution < -0.4 is 4.74 Å². The van der Waals surface area contributed by atoms with Crippen LogP contribution in [-0.2, 0) is 9.59 Å². The number of pyridine rings is 1. The lowest BCUT2D eigenvalue weighted by atomic mass is 9.70. The summed E-state index contributed by atoms with van der Waals surface area (Å²) in [6.45, 7) is 1.54. The molecule has 1 atom stereocenters. The molecule has 0 saturated heterocycles. The summed E-state index contributed by atoms with van der Waals surface area (Å²) in [7, 11) is 1.57. The number of ether oxygens (including phenoxy) is 1. The molecular weight excluding hydrogens is 346 g/mol. The molecule has 1 aliphatic rings. The van der Waals surface area contributed by atoms with Crippen molar-refractivity contribution in [1.82, 2.24) is 4.98 Å².